The molecule has 9 rings (SSSR count). The number of aromatic nitrogens is 3. The molecule has 2 heterocycles. The zero-order valence-electron chi connectivity index (χ0n) is 25.0. The molecule has 0 bridgehead atoms. The summed E-state index contributed by atoms with van der Waals surface area (Å²) >= 11 is 0. The van der Waals surface area contributed by atoms with Gasteiger partial charge in [-0.15, -0.1) is 0 Å². The van der Waals surface area contributed by atoms with Crippen molar-refractivity contribution in [2.24, 2.45) is 0 Å². The Labute approximate surface area is 256 Å². The molecule has 0 radical (unpaired) electrons. The Hall–Kier alpha value is -5.41. The normalized spacial score (nSPS) is 12.4. The number of rotatable bonds is 1. The Morgan fingerprint density at radius 3 is 1.50 bits per heavy atom. The summed E-state index contributed by atoms with van der Waals surface area (Å²) in [5, 5.41) is 0. The standard InChI is InChI=1S/C41H31N3/c1-41(2,3)35-19-12-22-38-39(35)42-40-43(36-20-10-11-21-37(36)44(38)40)26-23-24-33-31-17-7-6-15-29(31)27-13-4-5-14-28(27)30-16-8-9-18-32(30)34(33)25-26/h4-25H,1-3H3. The SMILES string of the molecule is CC(C)(C)c1cccc2c1nc1n(-c3ccc4c(c3)-c3ccccc3-c3ccccc3-c3ccccc3-4)c3ccccc3n21. The molecule has 0 unspecified atom stereocenters. The minimum absolute atomic E-state index is 0.0184. The van der Waals surface area contributed by atoms with E-state index in [0.717, 1.165) is 33.5 Å². The monoisotopic (exact) mass is 565 g/mol. The fraction of sp³-hybridized carbons (Fsp3) is 0.0976. The molecule has 8 aromatic rings. The van der Waals surface area contributed by atoms with Crippen LogP contribution in [0.15, 0.2) is 133 Å². The van der Waals surface area contributed by atoms with Crippen LogP contribution in [-0.2, 0) is 5.41 Å². The molecule has 210 valence electrons. The first kappa shape index (κ1) is 25.1. The summed E-state index contributed by atoms with van der Waals surface area (Å²) in [4.78, 5) is 5.38. The highest BCUT2D eigenvalue weighted by Gasteiger charge is 2.25. The van der Waals surface area contributed by atoms with Crippen molar-refractivity contribution in [2.45, 2.75) is 26.2 Å². The number of imidazole rings is 2. The van der Waals surface area contributed by atoms with Crippen LogP contribution in [0.4, 0.5) is 0 Å². The third-order valence-electron chi connectivity index (χ3n) is 9.24. The molecular formula is C41H31N3. The van der Waals surface area contributed by atoms with Gasteiger partial charge in [-0.05, 0) is 85.8 Å². The van der Waals surface area contributed by atoms with E-state index in [9.17, 15) is 0 Å². The molecule has 3 nitrogen and oxygen atoms in total. The van der Waals surface area contributed by atoms with Crippen molar-refractivity contribution >= 4 is 27.8 Å². The van der Waals surface area contributed by atoms with E-state index in [1.165, 1.54) is 50.1 Å². The Bertz CT molecular complexity index is 2420. The Kier molecular flexibility index (Phi) is 5.16. The average molecular weight is 566 g/mol. The van der Waals surface area contributed by atoms with Gasteiger partial charge in [-0.3, -0.25) is 8.97 Å². The smallest absolute Gasteiger partial charge is 0.220 e. The second-order valence-corrected chi connectivity index (χ2v) is 12.9. The third kappa shape index (κ3) is 3.47. The molecule has 0 saturated carbocycles. The van der Waals surface area contributed by atoms with Gasteiger partial charge in [-0.2, -0.15) is 0 Å². The molecule has 1 aliphatic rings. The van der Waals surface area contributed by atoms with Crippen LogP contribution in [0.1, 0.15) is 26.3 Å². The molecular weight excluding hydrogens is 534 g/mol. The van der Waals surface area contributed by atoms with Crippen molar-refractivity contribution < 1.29 is 0 Å². The van der Waals surface area contributed by atoms with E-state index < -0.39 is 0 Å². The molecule has 0 saturated heterocycles. The van der Waals surface area contributed by atoms with Crippen LogP contribution in [0, 0.1) is 0 Å². The van der Waals surface area contributed by atoms with Gasteiger partial charge in [0.1, 0.15) is 0 Å². The second-order valence-electron chi connectivity index (χ2n) is 12.9. The minimum Gasteiger partial charge on any atom is -0.278 e. The quantitative estimate of drug-likeness (QED) is 0.194. The zero-order chi connectivity index (χ0) is 29.6. The molecule has 6 aromatic carbocycles. The lowest BCUT2D eigenvalue weighted by Crippen LogP contribution is -2.11. The summed E-state index contributed by atoms with van der Waals surface area (Å²) in [6, 6.07) is 48.6. The number of fused-ring (bicyclic) bond motifs is 13. The van der Waals surface area contributed by atoms with E-state index >= 15 is 0 Å². The topological polar surface area (TPSA) is 22.2 Å². The molecule has 0 aliphatic heterocycles. The number of nitrogens with zero attached hydrogens (tertiary/aromatic N) is 3. The summed E-state index contributed by atoms with van der Waals surface area (Å²) in [6.45, 7) is 6.79. The maximum Gasteiger partial charge on any atom is 0.220 e. The largest absolute Gasteiger partial charge is 0.278 e. The fourth-order valence-electron chi connectivity index (χ4n) is 7.27. The van der Waals surface area contributed by atoms with E-state index in [0.29, 0.717) is 0 Å². The first-order valence-corrected chi connectivity index (χ1v) is 15.3. The highest BCUT2D eigenvalue weighted by molar-refractivity contribution is 6.03. The van der Waals surface area contributed by atoms with E-state index in [1.807, 2.05) is 0 Å². The van der Waals surface area contributed by atoms with Gasteiger partial charge in [0.25, 0.3) is 0 Å². The van der Waals surface area contributed by atoms with Crippen LogP contribution in [-0.4, -0.2) is 14.0 Å². The van der Waals surface area contributed by atoms with Gasteiger partial charge in [-0.25, -0.2) is 4.98 Å². The van der Waals surface area contributed by atoms with Gasteiger partial charge in [-0.1, -0.05) is 124 Å². The van der Waals surface area contributed by atoms with Crippen molar-refractivity contribution in [1.82, 2.24) is 14.0 Å². The number of para-hydroxylation sites is 3. The maximum atomic E-state index is 5.38. The molecule has 1 aliphatic carbocycles. The fourth-order valence-corrected chi connectivity index (χ4v) is 7.27. The van der Waals surface area contributed by atoms with Crippen molar-refractivity contribution in [3.63, 3.8) is 0 Å². The zero-order valence-corrected chi connectivity index (χ0v) is 25.0. The van der Waals surface area contributed by atoms with Crippen LogP contribution in [0.25, 0.3) is 78.0 Å². The molecule has 0 spiro atoms. The Balaban J connectivity index is 1.39. The first-order chi connectivity index (χ1) is 21.5. The van der Waals surface area contributed by atoms with Crippen LogP contribution in [0.5, 0.6) is 0 Å². The summed E-state index contributed by atoms with van der Waals surface area (Å²) in [5.74, 6) is 0.933. The number of hydrogen-bond acceptors (Lipinski definition) is 1. The summed E-state index contributed by atoms with van der Waals surface area (Å²) in [6.07, 6.45) is 0. The van der Waals surface area contributed by atoms with E-state index in [1.54, 1.807) is 0 Å². The average Bonchev–Trinajstić information content (AvgIpc) is 3.58. The highest BCUT2D eigenvalue weighted by Crippen LogP contribution is 2.48. The second kappa shape index (κ2) is 9.05. The van der Waals surface area contributed by atoms with Crippen LogP contribution < -0.4 is 0 Å². The van der Waals surface area contributed by atoms with Crippen molar-refractivity contribution in [1.29, 1.82) is 0 Å². The molecule has 0 fully saturated rings. The third-order valence-corrected chi connectivity index (χ3v) is 9.24. The lowest BCUT2D eigenvalue weighted by molar-refractivity contribution is 0.595. The lowest BCUT2D eigenvalue weighted by Gasteiger charge is -2.23. The van der Waals surface area contributed by atoms with Gasteiger partial charge in [0.05, 0.1) is 22.1 Å². The summed E-state index contributed by atoms with van der Waals surface area (Å²) in [5.41, 5.74) is 16.8. The Morgan fingerprint density at radius 2 is 0.932 bits per heavy atom. The molecule has 44 heavy (non-hydrogen) atoms. The summed E-state index contributed by atoms with van der Waals surface area (Å²) in [7, 11) is 0. The molecule has 2 aromatic heterocycles. The van der Waals surface area contributed by atoms with Gasteiger partial charge in [0.2, 0.25) is 5.78 Å². The maximum absolute atomic E-state index is 5.38. The van der Waals surface area contributed by atoms with Crippen LogP contribution in [0.3, 0.4) is 0 Å². The van der Waals surface area contributed by atoms with Crippen molar-refractivity contribution in [2.75, 3.05) is 0 Å². The predicted molar refractivity (Wildman–Crippen MR) is 184 cm³/mol. The molecule has 0 atom stereocenters. The van der Waals surface area contributed by atoms with Gasteiger partial charge >= 0.3 is 0 Å². The lowest BCUT2D eigenvalue weighted by atomic mass is 9.81. The first-order valence-electron chi connectivity index (χ1n) is 15.3. The van der Waals surface area contributed by atoms with Crippen LogP contribution >= 0.6 is 0 Å². The van der Waals surface area contributed by atoms with E-state index in [-0.39, 0.29) is 5.41 Å². The number of hydrogen-bond donors (Lipinski definition) is 0. The molecule has 0 N–H and O–H groups in total. The van der Waals surface area contributed by atoms with Gasteiger partial charge < -0.3 is 0 Å². The highest BCUT2D eigenvalue weighted by atomic mass is 15.2. The van der Waals surface area contributed by atoms with Crippen molar-refractivity contribution in [3.05, 3.63) is 139 Å². The predicted octanol–water partition coefficient (Wildman–Crippen LogP) is 10.7. The molecule has 3 heteroatoms. The summed E-state index contributed by atoms with van der Waals surface area (Å²) < 4.78 is 4.67. The van der Waals surface area contributed by atoms with Gasteiger partial charge in [0, 0.05) is 5.69 Å². The Morgan fingerprint density at radius 1 is 0.455 bits per heavy atom. The minimum atomic E-state index is -0.0184. The molecule has 0 amide bonds. The number of benzene rings is 6. The van der Waals surface area contributed by atoms with Gasteiger partial charge in [0.15, 0.2) is 0 Å². The van der Waals surface area contributed by atoms with E-state index in [2.05, 4.69) is 163 Å². The van der Waals surface area contributed by atoms with Crippen LogP contribution in [0.2, 0.25) is 0 Å². The van der Waals surface area contributed by atoms with Crippen molar-refractivity contribution in [3.8, 4) is 50.2 Å². The van der Waals surface area contributed by atoms with E-state index in [4.69, 9.17) is 4.98 Å².